The normalized spacial score (nSPS) is 8.90. The van der Waals surface area contributed by atoms with Gasteiger partial charge in [-0.1, -0.05) is 23.6 Å². The Morgan fingerprint density at radius 1 is 0.588 bits per heavy atom. The van der Waals surface area contributed by atoms with E-state index in [1.165, 1.54) is 14.2 Å². The molecule has 1 radical (unpaired) electrons. The molecule has 0 spiro atoms. The third-order valence-electron chi connectivity index (χ3n) is 5.60. The van der Waals surface area contributed by atoms with Gasteiger partial charge in [-0.15, -0.1) is 0 Å². The molecule has 2 aromatic rings. The van der Waals surface area contributed by atoms with Gasteiger partial charge in [0.25, 0.3) is 0 Å². The first-order valence-corrected chi connectivity index (χ1v) is 13.4. The van der Waals surface area contributed by atoms with Crippen molar-refractivity contribution in [1.29, 1.82) is 0 Å². The second kappa shape index (κ2) is 38.2. The average molecular weight is 922 g/mol. The van der Waals surface area contributed by atoms with Crippen LogP contribution in [0.15, 0.2) is 24.3 Å². The standard InChI is InChI=1S/C25H39N3O4.2CH4O.3NO3.Nd.H2O.Zn/c1-18-12-20(24(29)22(14-18)31-6)16-27(4)10-8-26(3)9-11-28(5)17-21-13-19(2)15-23(32-7)25(21)30;2*1-2;3*2-1(3)4;;;/h12-15,29-30H,8-11,16-17H2,1-7H3;2*2H,1H3;;;;;1H2;/q;;;3*-1;+3;;+2/p-1. The van der Waals surface area contributed by atoms with Crippen molar-refractivity contribution in [3.05, 3.63) is 92.5 Å². The van der Waals surface area contributed by atoms with Crippen molar-refractivity contribution in [2.75, 3.05) is 75.8 Å². The fourth-order valence-corrected chi connectivity index (χ4v) is 3.70. The summed E-state index contributed by atoms with van der Waals surface area (Å²) in [6, 6.07) is 7.42. The summed E-state index contributed by atoms with van der Waals surface area (Å²) in [6.45, 7) is 8.57. The number of nitrogens with zero attached hydrogens (tertiary/aromatic N) is 6. The molecule has 2 aromatic carbocycles. The van der Waals surface area contributed by atoms with Crippen LogP contribution in [0.25, 0.3) is 0 Å². The molecule has 51 heavy (non-hydrogen) atoms. The van der Waals surface area contributed by atoms with E-state index in [9.17, 15) is 10.2 Å². The molecule has 0 aromatic heterocycles. The SMILES string of the molecule is CO.CO.COc1cc(C)cc(CN(C)CCN(C)CCN(C)Cc2cc(C)cc(OC)c2[O-])c1[O-].O=[N+]([O-])[O-].O=[N+]([O-])[O-].O=[N+]([O-])[O-].[Nd+3].[OH3+].[Zn+2]. The molecular weight excluding hydrogens is 874 g/mol. The van der Waals surface area contributed by atoms with Crippen molar-refractivity contribution in [3.8, 4) is 23.0 Å². The first kappa shape index (κ1) is 63.1. The average Bonchev–Trinajstić information content (AvgIpc) is 2.99. The van der Waals surface area contributed by atoms with E-state index in [2.05, 4.69) is 21.7 Å². The Morgan fingerprint density at radius 3 is 1.02 bits per heavy atom. The molecule has 0 heterocycles. The van der Waals surface area contributed by atoms with Gasteiger partial charge in [-0.25, -0.2) is 0 Å². The summed E-state index contributed by atoms with van der Waals surface area (Å²) in [6.07, 6.45) is 0. The third-order valence-corrected chi connectivity index (χ3v) is 5.60. The molecule has 5 N–H and O–H groups in total. The minimum atomic E-state index is -1.75. The molecule has 0 saturated heterocycles. The minimum absolute atomic E-state index is 0. The molecule has 0 bridgehead atoms. The second-order valence-electron chi connectivity index (χ2n) is 9.36. The first-order valence-electron chi connectivity index (χ1n) is 13.4. The maximum absolute atomic E-state index is 12.4. The smallest absolute Gasteiger partial charge is 0.870 e. The molecule has 287 valence electrons. The summed E-state index contributed by atoms with van der Waals surface area (Å²) < 4.78 is 10.4. The summed E-state index contributed by atoms with van der Waals surface area (Å²) in [4.78, 5) is 31.3. The van der Waals surface area contributed by atoms with Crippen LogP contribution in [0.5, 0.6) is 23.0 Å². The van der Waals surface area contributed by atoms with Crippen LogP contribution in [0, 0.1) is 101 Å². The van der Waals surface area contributed by atoms with Gasteiger partial charge in [0, 0.05) is 53.5 Å². The van der Waals surface area contributed by atoms with Crippen LogP contribution >= 0.6 is 0 Å². The van der Waals surface area contributed by atoms with Crippen LogP contribution in [-0.2, 0) is 38.0 Å². The summed E-state index contributed by atoms with van der Waals surface area (Å²) in [5, 5.41) is 83.1. The number of aliphatic hydroxyl groups excluding tert-OH is 2. The predicted octanol–water partition coefficient (Wildman–Crippen LogP) is -0.461. The van der Waals surface area contributed by atoms with Gasteiger partial charge in [0.05, 0.1) is 29.5 Å². The number of hydrogen-bond donors (Lipinski definition) is 2. The Labute approximate surface area is 341 Å². The number of ether oxygens (including phenoxy) is 2. The maximum atomic E-state index is 12.4. The number of aliphatic hydroxyl groups is 2. The summed E-state index contributed by atoms with van der Waals surface area (Å²) >= 11 is 0. The molecule has 0 aliphatic rings. The van der Waals surface area contributed by atoms with Crippen molar-refractivity contribution >= 4 is 0 Å². The number of methoxy groups -OCH3 is 2. The molecule has 0 amide bonds. The van der Waals surface area contributed by atoms with Gasteiger partial charge in [0.1, 0.15) is 11.5 Å². The minimum Gasteiger partial charge on any atom is -0.870 e. The van der Waals surface area contributed by atoms with Crippen LogP contribution in [0.4, 0.5) is 0 Å². The Morgan fingerprint density at radius 2 is 0.804 bits per heavy atom. The van der Waals surface area contributed by atoms with Crippen molar-refractivity contribution in [1.82, 2.24) is 14.7 Å². The Bertz CT molecular complexity index is 1090. The molecular formula is C27H48N6NdO16Zn+. The zero-order valence-corrected chi connectivity index (χ0v) is 36.4. The van der Waals surface area contributed by atoms with Crippen LogP contribution in [0.1, 0.15) is 22.3 Å². The number of aryl methyl sites for hydroxylation is 2. The van der Waals surface area contributed by atoms with E-state index in [4.69, 9.17) is 65.7 Å². The molecule has 0 aliphatic heterocycles. The van der Waals surface area contributed by atoms with E-state index in [0.29, 0.717) is 24.6 Å². The number of rotatable bonds is 12. The number of likely N-dealkylation sites (N-methyl/N-ethyl adjacent to an activating group) is 3. The van der Waals surface area contributed by atoms with Crippen molar-refractivity contribution < 1.29 is 111 Å². The van der Waals surface area contributed by atoms with Crippen molar-refractivity contribution in [2.24, 2.45) is 0 Å². The summed E-state index contributed by atoms with van der Waals surface area (Å²) in [5.74, 6) is 0.734. The zero-order valence-electron chi connectivity index (χ0n) is 30.2. The van der Waals surface area contributed by atoms with Crippen molar-refractivity contribution in [3.63, 3.8) is 0 Å². The van der Waals surface area contributed by atoms with Gasteiger partial charge in [0.2, 0.25) is 0 Å². The summed E-state index contributed by atoms with van der Waals surface area (Å²) in [5.41, 5.74) is 3.57. The van der Waals surface area contributed by atoms with Gasteiger partial charge in [-0.2, -0.15) is 0 Å². The molecule has 0 atom stereocenters. The molecule has 0 fully saturated rings. The van der Waals surface area contributed by atoms with Gasteiger partial charge in [-0.05, 0) is 69.4 Å². The molecule has 24 heteroatoms. The van der Waals surface area contributed by atoms with Gasteiger partial charge >= 0.3 is 60.3 Å². The Kier molecular flexibility index (Phi) is 47.2. The monoisotopic (exact) mass is 918 g/mol. The fourth-order valence-electron chi connectivity index (χ4n) is 3.70. The van der Waals surface area contributed by atoms with E-state index >= 15 is 0 Å². The van der Waals surface area contributed by atoms with Gasteiger partial charge < -0.3 is 96.0 Å². The van der Waals surface area contributed by atoms with Gasteiger partial charge in [-0.3, -0.25) is 0 Å². The van der Waals surface area contributed by atoms with E-state index in [1.807, 2.05) is 40.1 Å². The third kappa shape index (κ3) is 36.6. The maximum Gasteiger partial charge on any atom is 3.00 e. The molecule has 0 unspecified atom stereocenters. The first-order chi connectivity index (χ1) is 22.3. The predicted molar refractivity (Wildman–Crippen MR) is 177 cm³/mol. The molecule has 0 saturated carbocycles. The van der Waals surface area contributed by atoms with Crippen LogP contribution < -0.4 is 19.7 Å². The quantitative estimate of drug-likeness (QED) is 0.118. The Hall–Kier alpha value is -3.03. The van der Waals surface area contributed by atoms with Crippen LogP contribution in [-0.4, -0.2) is 116 Å². The molecule has 22 nitrogen and oxygen atoms in total. The van der Waals surface area contributed by atoms with E-state index in [-0.39, 0.29) is 77.3 Å². The largest absolute Gasteiger partial charge is 3.00 e. The molecule has 2 rings (SSSR count). The number of benzene rings is 2. The van der Waals surface area contributed by atoms with E-state index in [0.717, 1.165) is 62.7 Å². The summed E-state index contributed by atoms with van der Waals surface area (Å²) in [7, 11) is 11.2. The van der Waals surface area contributed by atoms with E-state index < -0.39 is 15.3 Å². The Balaban J connectivity index is -0.000000173. The number of hydrogen-bond acceptors (Lipinski definition) is 18. The second-order valence-corrected chi connectivity index (χ2v) is 9.36. The molecule has 0 aliphatic carbocycles. The van der Waals surface area contributed by atoms with Gasteiger partial charge in [0.15, 0.2) is 0 Å². The van der Waals surface area contributed by atoms with E-state index in [1.54, 1.807) is 12.1 Å². The van der Waals surface area contributed by atoms with Crippen molar-refractivity contribution in [2.45, 2.75) is 26.9 Å². The van der Waals surface area contributed by atoms with Crippen LogP contribution in [0.2, 0.25) is 0 Å². The van der Waals surface area contributed by atoms with Crippen LogP contribution in [0.3, 0.4) is 0 Å². The zero-order chi connectivity index (χ0) is 38.6. The topological polar surface area (TPSA) is 346 Å². The fraction of sp³-hybridized carbons (Fsp3) is 0.556.